The van der Waals surface area contributed by atoms with Crippen LogP contribution in [0.4, 0.5) is 5.69 Å². The lowest BCUT2D eigenvalue weighted by Gasteiger charge is -2.20. The van der Waals surface area contributed by atoms with Gasteiger partial charge in [-0.3, -0.25) is 4.79 Å². The zero-order valence-electron chi connectivity index (χ0n) is 9.66. The Morgan fingerprint density at radius 2 is 1.94 bits per heavy atom. The molecule has 3 heteroatoms. The number of halogens is 1. The number of anilines is 1. The quantitative estimate of drug-likeness (QED) is 0.818. The van der Waals surface area contributed by atoms with Gasteiger partial charge < -0.3 is 5.32 Å². The molecule has 17 heavy (non-hydrogen) atoms. The van der Waals surface area contributed by atoms with Crippen LogP contribution < -0.4 is 5.32 Å². The second-order valence-electron chi connectivity index (χ2n) is 5.28. The van der Waals surface area contributed by atoms with Gasteiger partial charge in [0.25, 0.3) is 0 Å². The normalized spacial score (nSPS) is 30.5. The number of benzene rings is 1. The van der Waals surface area contributed by atoms with Crippen LogP contribution in [0.3, 0.4) is 0 Å². The highest BCUT2D eigenvalue weighted by Crippen LogP contribution is 2.48. The topological polar surface area (TPSA) is 29.1 Å². The molecule has 2 aliphatic rings. The highest BCUT2D eigenvalue weighted by atomic mass is 127. The first-order valence-corrected chi connectivity index (χ1v) is 7.36. The zero-order valence-corrected chi connectivity index (χ0v) is 11.8. The van der Waals surface area contributed by atoms with Gasteiger partial charge in [-0.15, -0.1) is 0 Å². The van der Waals surface area contributed by atoms with Crippen molar-refractivity contribution in [2.45, 2.75) is 25.7 Å². The molecule has 2 saturated carbocycles. The molecule has 0 aromatic heterocycles. The summed E-state index contributed by atoms with van der Waals surface area (Å²) in [6.45, 7) is 0. The summed E-state index contributed by atoms with van der Waals surface area (Å²) in [4.78, 5) is 12.2. The average Bonchev–Trinajstić information content (AvgIpc) is 2.94. The van der Waals surface area contributed by atoms with Crippen molar-refractivity contribution in [1.29, 1.82) is 0 Å². The van der Waals surface area contributed by atoms with Crippen LogP contribution in [-0.4, -0.2) is 5.91 Å². The van der Waals surface area contributed by atoms with Gasteiger partial charge in [0.15, 0.2) is 0 Å². The van der Waals surface area contributed by atoms with E-state index >= 15 is 0 Å². The lowest BCUT2D eigenvalue weighted by molar-refractivity contribution is -0.121. The Labute approximate surface area is 115 Å². The van der Waals surface area contributed by atoms with Crippen molar-refractivity contribution in [2.75, 3.05) is 5.32 Å². The Hall–Kier alpha value is -0.580. The number of amides is 1. The van der Waals surface area contributed by atoms with Crippen molar-refractivity contribution in [2.24, 2.45) is 17.8 Å². The van der Waals surface area contributed by atoms with E-state index in [1.54, 1.807) is 0 Å². The Kier molecular flexibility index (Phi) is 3.11. The maximum Gasteiger partial charge on any atom is 0.227 e. The van der Waals surface area contributed by atoms with E-state index in [1.807, 2.05) is 24.3 Å². The fourth-order valence-electron chi connectivity index (χ4n) is 3.33. The standard InChI is InChI=1S/C14H16INO/c15-11-3-5-12(6-4-11)16-14(17)13-8-9-1-2-10(13)7-9/h3-6,9-10,13H,1-2,7-8H2,(H,16,17)/t9-,10+,13-/m0/s1. The summed E-state index contributed by atoms with van der Waals surface area (Å²) in [6.07, 6.45) is 5.00. The van der Waals surface area contributed by atoms with E-state index in [4.69, 9.17) is 0 Å². The van der Waals surface area contributed by atoms with E-state index in [9.17, 15) is 4.79 Å². The highest BCUT2D eigenvalue weighted by molar-refractivity contribution is 14.1. The first-order chi connectivity index (χ1) is 8.22. The van der Waals surface area contributed by atoms with E-state index in [1.165, 1.54) is 22.8 Å². The molecule has 2 fully saturated rings. The molecule has 0 heterocycles. The van der Waals surface area contributed by atoms with E-state index < -0.39 is 0 Å². The molecule has 2 bridgehead atoms. The Bertz CT molecular complexity index is 428. The molecule has 90 valence electrons. The van der Waals surface area contributed by atoms with Gasteiger partial charge in [-0.1, -0.05) is 6.42 Å². The maximum atomic E-state index is 12.2. The molecule has 0 unspecified atom stereocenters. The third kappa shape index (κ3) is 2.34. The molecule has 3 rings (SSSR count). The minimum Gasteiger partial charge on any atom is -0.326 e. The van der Waals surface area contributed by atoms with Crippen molar-refractivity contribution >= 4 is 34.2 Å². The van der Waals surface area contributed by atoms with E-state index in [0.29, 0.717) is 5.92 Å². The Morgan fingerprint density at radius 3 is 2.53 bits per heavy atom. The lowest BCUT2D eigenvalue weighted by Crippen LogP contribution is -2.27. The summed E-state index contributed by atoms with van der Waals surface area (Å²) in [6, 6.07) is 8.01. The minimum atomic E-state index is 0.235. The molecule has 1 aromatic rings. The van der Waals surface area contributed by atoms with Gasteiger partial charge in [0.05, 0.1) is 0 Å². The van der Waals surface area contributed by atoms with Crippen LogP contribution in [0.25, 0.3) is 0 Å². The molecule has 1 N–H and O–H groups in total. The van der Waals surface area contributed by atoms with Gasteiger partial charge in [0.2, 0.25) is 5.91 Å². The first kappa shape index (κ1) is 11.5. The van der Waals surface area contributed by atoms with Gasteiger partial charge in [0, 0.05) is 15.2 Å². The molecule has 2 aliphatic carbocycles. The molecule has 2 nitrogen and oxygen atoms in total. The largest absolute Gasteiger partial charge is 0.326 e. The zero-order chi connectivity index (χ0) is 11.8. The summed E-state index contributed by atoms with van der Waals surface area (Å²) < 4.78 is 1.19. The summed E-state index contributed by atoms with van der Waals surface area (Å²) in [5.74, 6) is 1.99. The van der Waals surface area contributed by atoms with Gasteiger partial charge in [0.1, 0.15) is 0 Å². The molecular weight excluding hydrogens is 325 g/mol. The monoisotopic (exact) mass is 341 g/mol. The van der Waals surface area contributed by atoms with Crippen molar-refractivity contribution in [3.63, 3.8) is 0 Å². The summed E-state index contributed by atoms with van der Waals surface area (Å²) in [7, 11) is 0. The second-order valence-corrected chi connectivity index (χ2v) is 6.52. The number of carbonyl (C=O) groups excluding carboxylic acids is 1. The van der Waals surface area contributed by atoms with Crippen molar-refractivity contribution in [3.8, 4) is 0 Å². The van der Waals surface area contributed by atoms with Gasteiger partial charge in [-0.2, -0.15) is 0 Å². The van der Waals surface area contributed by atoms with Crippen LogP contribution in [-0.2, 0) is 4.79 Å². The third-order valence-corrected chi connectivity index (χ3v) is 4.91. The lowest BCUT2D eigenvalue weighted by atomic mass is 9.88. The van der Waals surface area contributed by atoms with Gasteiger partial charge in [-0.05, 0) is 78.0 Å². The second kappa shape index (κ2) is 4.59. The predicted molar refractivity (Wildman–Crippen MR) is 76.7 cm³/mol. The molecule has 0 saturated heterocycles. The Morgan fingerprint density at radius 1 is 1.18 bits per heavy atom. The molecular formula is C14H16INO. The SMILES string of the molecule is O=C(Nc1ccc(I)cc1)[C@H]1C[C@H]2CC[C@@H]1C2. The summed E-state index contributed by atoms with van der Waals surface area (Å²) in [5, 5.41) is 3.05. The molecule has 1 aromatic carbocycles. The predicted octanol–water partition coefficient (Wildman–Crippen LogP) is 3.67. The minimum absolute atomic E-state index is 0.235. The number of hydrogen-bond acceptors (Lipinski definition) is 1. The van der Waals surface area contributed by atoms with Crippen molar-refractivity contribution in [1.82, 2.24) is 0 Å². The molecule has 0 spiro atoms. The number of carbonyl (C=O) groups is 1. The maximum absolute atomic E-state index is 12.2. The van der Waals surface area contributed by atoms with Crippen molar-refractivity contribution in [3.05, 3.63) is 27.8 Å². The molecule has 1 amide bonds. The van der Waals surface area contributed by atoms with Gasteiger partial charge >= 0.3 is 0 Å². The molecule has 0 radical (unpaired) electrons. The van der Waals surface area contributed by atoms with Crippen LogP contribution in [0, 0.1) is 21.3 Å². The van der Waals surface area contributed by atoms with Crippen molar-refractivity contribution < 1.29 is 4.79 Å². The number of fused-ring (bicyclic) bond motifs is 2. The molecule has 3 atom stereocenters. The van der Waals surface area contributed by atoms with Gasteiger partial charge in [-0.25, -0.2) is 0 Å². The van der Waals surface area contributed by atoms with E-state index in [2.05, 4.69) is 27.9 Å². The van der Waals surface area contributed by atoms with Crippen LogP contribution in [0.5, 0.6) is 0 Å². The highest BCUT2D eigenvalue weighted by Gasteiger charge is 2.42. The smallest absolute Gasteiger partial charge is 0.227 e. The van der Waals surface area contributed by atoms with Crippen LogP contribution in [0.15, 0.2) is 24.3 Å². The van der Waals surface area contributed by atoms with E-state index in [-0.39, 0.29) is 11.8 Å². The van der Waals surface area contributed by atoms with Crippen LogP contribution in [0.2, 0.25) is 0 Å². The fourth-order valence-corrected chi connectivity index (χ4v) is 3.69. The summed E-state index contributed by atoms with van der Waals surface area (Å²) in [5.41, 5.74) is 0.929. The van der Waals surface area contributed by atoms with E-state index in [0.717, 1.165) is 18.0 Å². The average molecular weight is 341 g/mol. The Balaban J connectivity index is 1.65. The molecule has 0 aliphatic heterocycles. The van der Waals surface area contributed by atoms with Crippen LogP contribution >= 0.6 is 22.6 Å². The summed E-state index contributed by atoms with van der Waals surface area (Å²) >= 11 is 2.27. The number of rotatable bonds is 2. The first-order valence-electron chi connectivity index (χ1n) is 6.29. The van der Waals surface area contributed by atoms with Crippen LogP contribution in [0.1, 0.15) is 25.7 Å². The number of hydrogen-bond donors (Lipinski definition) is 1. The third-order valence-electron chi connectivity index (χ3n) is 4.19. The number of nitrogens with one attached hydrogen (secondary N) is 1. The fraction of sp³-hybridized carbons (Fsp3) is 0.500.